The fraction of sp³-hybridized carbons (Fsp3) is 0.812. The van der Waals surface area contributed by atoms with Crippen molar-refractivity contribution in [3.8, 4) is 0 Å². The van der Waals surface area contributed by atoms with Crippen LogP contribution in [0.3, 0.4) is 0 Å². The number of aliphatic hydroxyl groups is 1. The Hall–Kier alpha value is -0.530. The molecule has 1 N–H and O–H groups in total. The summed E-state index contributed by atoms with van der Waals surface area (Å²) in [6, 6.07) is 0. The van der Waals surface area contributed by atoms with E-state index in [9.17, 15) is 5.11 Å². The summed E-state index contributed by atoms with van der Waals surface area (Å²) in [5, 5.41) is 13.6. The van der Waals surface area contributed by atoms with Crippen molar-refractivity contribution in [2.75, 3.05) is 39.3 Å². The molecule has 6 heteroatoms. The van der Waals surface area contributed by atoms with Crippen molar-refractivity contribution in [3.63, 3.8) is 0 Å². The van der Waals surface area contributed by atoms with Gasteiger partial charge < -0.3 is 14.7 Å². The van der Waals surface area contributed by atoms with Gasteiger partial charge in [-0.1, -0.05) is 6.92 Å². The Labute approximate surface area is 137 Å². The average Bonchev–Trinajstić information content (AvgIpc) is 2.95. The number of hydrogen-bond acceptors (Lipinski definition) is 6. The van der Waals surface area contributed by atoms with Crippen LogP contribution in [0.1, 0.15) is 25.8 Å². The number of β-amino-alcohol motifs (C(OH)–C–C–N with tert-alkyl or cyclic N) is 1. The normalized spacial score (nSPS) is 24.8. The van der Waals surface area contributed by atoms with Gasteiger partial charge in [0.2, 0.25) is 0 Å². The fourth-order valence-electron chi connectivity index (χ4n) is 3.10. The van der Waals surface area contributed by atoms with Crippen LogP contribution in [0.25, 0.3) is 0 Å². The van der Waals surface area contributed by atoms with Gasteiger partial charge in [0.1, 0.15) is 0 Å². The number of rotatable bonds is 8. The van der Waals surface area contributed by atoms with Crippen LogP contribution in [0, 0.1) is 0 Å². The van der Waals surface area contributed by atoms with E-state index in [4.69, 9.17) is 4.74 Å². The summed E-state index contributed by atoms with van der Waals surface area (Å²) < 4.78 is 5.74. The molecule has 1 aromatic rings. The summed E-state index contributed by atoms with van der Waals surface area (Å²) in [5.41, 5.74) is 0. The Kier molecular flexibility index (Phi) is 7.24. The van der Waals surface area contributed by atoms with Crippen LogP contribution in [0.15, 0.2) is 11.6 Å². The van der Waals surface area contributed by atoms with Crippen molar-refractivity contribution in [1.82, 2.24) is 14.8 Å². The smallest absolute Gasteiger partial charge is 0.0937 e. The van der Waals surface area contributed by atoms with Gasteiger partial charge in [0.05, 0.1) is 23.3 Å². The Balaban J connectivity index is 1.72. The number of nitrogens with zero attached hydrogens (tertiary/aromatic N) is 3. The number of likely N-dealkylation sites (N-methyl/N-ethyl adjacent to an activating group) is 1. The summed E-state index contributed by atoms with van der Waals surface area (Å²) in [5.74, 6) is 0. The molecule has 0 amide bonds. The monoisotopic (exact) mass is 327 g/mol. The molecule has 3 unspecified atom stereocenters. The third-order valence-electron chi connectivity index (χ3n) is 4.01. The molecule has 0 aliphatic carbocycles. The van der Waals surface area contributed by atoms with Gasteiger partial charge in [-0.2, -0.15) is 0 Å². The maximum atomic E-state index is 10.4. The fourth-order valence-corrected chi connectivity index (χ4v) is 3.71. The first-order valence-electron chi connectivity index (χ1n) is 8.23. The van der Waals surface area contributed by atoms with Gasteiger partial charge in [-0.3, -0.25) is 4.90 Å². The Bertz CT molecular complexity index is 406. The quantitative estimate of drug-likeness (QED) is 0.784. The number of aromatic nitrogens is 1. The zero-order valence-electron chi connectivity index (χ0n) is 13.9. The van der Waals surface area contributed by atoms with Crippen molar-refractivity contribution >= 4 is 11.3 Å². The highest BCUT2D eigenvalue weighted by Gasteiger charge is 2.24. The average molecular weight is 327 g/mol. The van der Waals surface area contributed by atoms with E-state index in [1.165, 1.54) is 5.01 Å². The third kappa shape index (κ3) is 5.93. The zero-order valence-corrected chi connectivity index (χ0v) is 14.8. The van der Waals surface area contributed by atoms with Gasteiger partial charge in [-0.25, -0.2) is 4.98 Å². The molecule has 5 nitrogen and oxygen atoms in total. The van der Waals surface area contributed by atoms with Crippen LogP contribution in [0.2, 0.25) is 0 Å². The zero-order chi connectivity index (χ0) is 15.9. The molecule has 3 atom stereocenters. The first-order valence-corrected chi connectivity index (χ1v) is 9.11. The Morgan fingerprint density at radius 3 is 2.77 bits per heavy atom. The molecule has 1 aliphatic rings. The third-order valence-corrected chi connectivity index (χ3v) is 4.85. The highest BCUT2D eigenvalue weighted by atomic mass is 32.1. The van der Waals surface area contributed by atoms with E-state index in [-0.39, 0.29) is 18.3 Å². The molecule has 0 aromatic carbocycles. The van der Waals surface area contributed by atoms with Crippen LogP contribution in [-0.4, -0.2) is 77.5 Å². The minimum atomic E-state index is -0.311. The van der Waals surface area contributed by atoms with Gasteiger partial charge in [-0.05, 0) is 20.4 Å². The first kappa shape index (κ1) is 17.8. The summed E-state index contributed by atoms with van der Waals surface area (Å²) in [4.78, 5) is 8.94. The lowest BCUT2D eigenvalue weighted by atomic mass is 10.2. The summed E-state index contributed by atoms with van der Waals surface area (Å²) in [6.45, 7) is 11.5. The molecule has 22 heavy (non-hydrogen) atoms. The van der Waals surface area contributed by atoms with E-state index >= 15 is 0 Å². The van der Waals surface area contributed by atoms with Crippen LogP contribution in [-0.2, 0) is 11.2 Å². The first-order chi connectivity index (χ1) is 10.6. The summed E-state index contributed by atoms with van der Waals surface area (Å²) >= 11 is 1.70. The highest BCUT2D eigenvalue weighted by Crippen LogP contribution is 2.11. The van der Waals surface area contributed by atoms with Crippen molar-refractivity contribution in [2.45, 2.75) is 45.5 Å². The number of morpholine rings is 1. The van der Waals surface area contributed by atoms with Gasteiger partial charge >= 0.3 is 0 Å². The molecule has 0 saturated carbocycles. The summed E-state index contributed by atoms with van der Waals surface area (Å²) in [6.07, 6.45) is 3.01. The number of thiazole rings is 1. The van der Waals surface area contributed by atoms with E-state index in [0.29, 0.717) is 0 Å². The second-order valence-corrected chi connectivity index (χ2v) is 7.18. The molecule has 0 spiro atoms. The predicted octanol–water partition coefficient (Wildman–Crippen LogP) is 1.48. The van der Waals surface area contributed by atoms with E-state index in [0.717, 1.165) is 45.7 Å². The number of aliphatic hydroxyl groups excluding tert-OH is 1. The molecule has 2 rings (SSSR count). The molecule has 1 aliphatic heterocycles. The lowest BCUT2D eigenvalue weighted by molar-refractivity contribution is -0.0779. The van der Waals surface area contributed by atoms with Crippen molar-refractivity contribution in [3.05, 3.63) is 16.6 Å². The minimum absolute atomic E-state index is 0.253. The topological polar surface area (TPSA) is 48.8 Å². The summed E-state index contributed by atoms with van der Waals surface area (Å²) in [7, 11) is 0. The lowest BCUT2D eigenvalue weighted by Crippen LogP contribution is -2.49. The van der Waals surface area contributed by atoms with E-state index in [1.54, 1.807) is 11.3 Å². The number of hydrogen-bond donors (Lipinski definition) is 1. The second-order valence-electron chi connectivity index (χ2n) is 6.20. The standard InChI is InChI=1S/C16H29N3O2S/c1-4-18(7-5-16-17-6-8-22-16)11-15(20)12-19-9-13(2)21-14(3)10-19/h6,8,13-15,20H,4-5,7,9-12H2,1-3H3. The molecule has 1 fully saturated rings. The molecule has 0 radical (unpaired) electrons. The van der Waals surface area contributed by atoms with Crippen LogP contribution in [0.5, 0.6) is 0 Å². The van der Waals surface area contributed by atoms with Crippen LogP contribution >= 0.6 is 11.3 Å². The van der Waals surface area contributed by atoms with E-state index < -0.39 is 0 Å². The molecule has 2 heterocycles. The molecule has 126 valence electrons. The van der Waals surface area contributed by atoms with Gasteiger partial charge in [0.25, 0.3) is 0 Å². The van der Waals surface area contributed by atoms with Gasteiger partial charge in [0.15, 0.2) is 0 Å². The van der Waals surface area contributed by atoms with Crippen molar-refractivity contribution in [2.24, 2.45) is 0 Å². The molecular weight excluding hydrogens is 298 g/mol. The van der Waals surface area contributed by atoms with Gasteiger partial charge in [-0.15, -0.1) is 11.3 Å². The predicted molar refractivity (Wildman–Crippen MR) is 90.4 cm³/mol. The molecule has 1 saturated heterocycles. The van der Waals surface area contributed by atoms with Gasteiger partial charge in [0, 0.05) is 50.7 Å². The highest BCUT2D eigenvalue weighted by molar-refractivity contribution is 7.09. The molecule has 0 bridgehead atoms. The molecule has 1 aromatic heterocycles. The maximum absolute atomic E-state index is 10.4. The largest absolute Gasteiger partial charge is 0.390 e. The van der Waals surface area contributed by atoms with Crippen LogP contribution < -0.4 is 0 Å². The van der Waals surface area contributed by atoms with Crippen LogP contribution in [0.4, 0.5) is 0 Å². The maximum Gasteiger partial charge on any atom is 0.0937 e. The second kappa shape index (κ2) is 8.93. The molecular formula is C16H29N3O2S. The minimum Gasteiger partial charge on any atom is -0.390 e. The Morgan fingerprint density at radius 1 is 1.45 bits per heavy atom. The van der Waals surface area contributed by atoms with Crippen molar-refractivity contribution in [1.29, 1.82) is 0 Å². The van der Waals surface area contributed by atoms with E-state index in [1.807, 2.05) is 11.6 Å². The van der Waals surface area contributed by atoms with Crippen molar-refractivity contribution < 1.29 is 9.84 Å². The lowest BCUT2D eigenvalue weighted by Gasteiger charge is -2.37. The number of ether oxygens (including phenoxy) is 1. The SMILES string of the molecule is CCN(CCc1nccs1)CC(O)CN1CC(C)OC(C)C1. The Morgan fingerprint density at radius 2 is 2.18 bits per heavy atom. The van der Waals surface area contributed by atoms with E-state index in [2.05, 4.69) is 35.6 Å².